The standard InChI is InChI=1S/C10H13F5N4O/c1-2-16-6-3-7(17-4-9(11,12)5-20)19-8(18-6)10(13,14)15/h3,20H,2,4-5H2,1H3,(H2,16,17,18,19). The van der Waals surface area contributed by atoms with E-state index in [0.29, 0.717) is 6.54 Å². The van der Waals surface area contributed by atoms with Gasteiger partial charge in [0.1, 0.15) is 18.2 Å². The Bertz CT molecular complexity index is 452. The average molecular weight is 300 g/mol. The van der Waals surface area contributed by atoms with Crippen molar-refractivity contribution >= 4 is 11.6 Å². The molecule has 0 radical (unpaired) electrons. The summed E-state index contributed by atoms with van der Waals surface area (Å²) in [6, 6.07) is 1.08. The topological polar surface area (TPSA) is 70.1 Å². The number of anilines is 2. The van der Waals surface area contributed by atoms with E-state index in [1.165, 1.54) is 0 Å². The van der Waals surface area contributed by atoms with Crippen molar-refractivity contribution in [1.82, 2.24) is 9.97 Å². The molecule has 0 atom stereocenters. The van der Waals surface area contributed by atoms with Gasteiger partial charge in [0.25, 0.3) is 5.92 Å². The van der Waals surface area contributed by atoms with E-state index in [1.54, 1.807) is 6.92 Å². The predicted molar refractivity (Wildman–Crippen MR) is 61.7 cm³/mol. The molecule has 114 valence electrons. The molecule has 1 heterocycles. The number of hydrogen-bond acceptors (Lipinski definition) is 5. The van der Waals surface area contributed by atoms with Gasteiger partial charge in [-0.25, -0.2) is 18.7 Å². The molecule has 0 amide bonds. The Hall–Kier alpha value is -1.71. The Balaban J connectivity index is 2.97. The van der Waals surface area contributed by atoms with Crippen molar-refractivity contribution in [1.29, 1.82) is 0 Å². The van der Waals surface area contributed by atoms with Gasteiger partial charge in [-0.05, 0) is 6.92 Å². The molecule has 0 aliphatic heterocycles. The van der Waals surface area contributed by atoms with E-state index in [1.807, 2.05) is 5.32 Å². The fourth-order valence-electron chi connectivity index (χ4n) is 1.21. The number of rotatable bonds is 6. The monoisotopic (exact) mass is 300 g/mol. The van der Waals surface area contributed by atoms with Crippen molar-refractivity contribution in [2.45, 2.75) is 19.0 Å². The molecule has 1 rings (SSSR count). The smallest absolute Gasteiger partial charge is 0.390 e. The lowest BCUT2D eigenvalue weighted by molar-refractivity contribution is -0.144. The largest absolute Gasteiger partial charge is 0.451 e. The lowest BCUT2D eigenvalue weighted by atomic mass is 10.3. The van der Waals surface area contributed by atoms with Crippen LogP contribution >= 0.6 is 0 Å². The van der Waals surface area contributed by atoms with Crippen LogP contribution in [0.4, 0.5) is 33.6 Å². The minimum Gasteiger partial charge on any atom is -0.390 e. The van der Waals surface area contributed by atoms with Gasteiger partial charge in [-0.3, -0.25) is 0 Å². The Morgan fingerprint density at radius 1 is 1.10 bits per heavy atom. The Kier molecular flexibility index (Phi) is 5.03. The molecule has 0 spiro atoms. The van der Waals surface area contributed by atoms with Crippen LogP contribution in [0, 0.1) is 0 Å². The third-order valence-corrected chi connectivity index (χ3v) is 2.10. The van der Waals surface area contributed by atoms with Crippen molar-refractivity contribution in [2.24, 2.45) is 0 Å². The minimum absolute atomic E-state index is 0.135. The van der Waals surface area contributed by atoms with E-state index >= 15 is 0 Å². The number of nitrogens with zero attached hydrogens (tertiary/aromatic N) is 2. The molecular formula is C10H13F5N4O. The normalized spacial score (nSPS) is 12.3. The Labute approximate surface area is 111 Å². The number of alkyl halides is 5. The summed E-state index contributed by atoms with van der Waals surface area (Å²) in [5, 5.41) is 13.0. The van der Waals surface area contributed by atoms with Crippen molar-refractivity contribution in [3.05, 3.63) is 11.9 Å². The van der Waals surface area contributed by atoms with E-state index in [4.69, 9.17) is 5.11 Å². The Morgan fingerprint density at radius 2 is 1.65 bits per heavy atom. The second-order valence-electron chi connectivity index (χ2n) is 3.86. The van der Waals surface area contributed by atoms with Crippen molar-refractivity contribution in [3.63, 3.8) is 0 Å². The highest BCUT2D eigenvalue weighted by Gasteiger charge is 2.36. The Morgan fingerprint density at radius 3 is 2.10 bits per heavy atom. The van der Waals surface area contributed by atoms with Gasteiger partial charge < -0.3 is 15.7 Å². The van der Waals surface area contributed by atoms with Crippen molar-refractivity contribution in [2.75, 3.05) is 30.3 Å². The molecule has 0 aliphatic carbocycles. The maximum absolute atomic E-state index is 12.8. The molecule has 0 fully saturated rings. The number of aliphatic hydroxyl groups excluding tert-OH is 1. The summed E-state index contributed by atoms with van der Waals surface area (Å²) in [5.41, 5.74) is 0. The van der Waals surface area contributed by atoms with Gasteiger partial charge >= 0.3 is 6.18 Å². The van der Waals surface area contributed by atoms with Gasteiger partial charge in [0.15, 0.2) is 0 Å². The quantitative estimate of drug-likeness (QED) is 0.701. The van der Waals surface area contributed by atoms with Crippen LogP contribution in [0.1, 0.15) is 12.7 Å². The second kappa shape index (κ2) is 6.16. The summed E-state index contributed by atoms with van der Waals surface area (Å²) in [4.78, 5) is 6.36. The van der Waals surface area contributed by atoms with Crippen molar-refractivity contribution in [3.8, 4) is 0 Å². The molecule has 0 aromatic carbocycles. The first kappa shape index (κ1) is 16.3. The molecule has 1 aromatic heterocycles. The zero-order valence-corrected chi connectivity index (χ0v) is 10.4. The summed E-state index contributed by atoms with van der Waals surface area (Å²) < 4.78 is 63.3. The molecule has 0 saturated carbocycles. The fraction of sp³-hybridized carbons (Fsp3) is 0.600. The van der Waals surface area contributed by atoms with Crippen molar-refractivity contribution < 1.29 is 27.1 Å². The molecule has 0 saturated heterocycles. The van der Waals surface area contributed by atoms with Crippen LogP contribution in [-0.4, -0.2) is 40.7 Å². The van der Waals surface area contributed by atoms with Gasteiger partial charge in [-0.15, -0.1) is 0 Å². The first-order valence-corrected chi connectivity index (χ1v) is 5.60. The van der Waals surface area contributed by atoms with Crippen LogP contribution in [-0.2, 0) is 6.18 Å². The summed E-state index contributed by atoms with van der Waals surface area (Å²) in [6.07, 6.45) is -4.79. The molecule has 0 aliphatic rings. The zero-order valence-electron chi connectivity index (χ0n) is 10.4. The predicted octanol–water partition coefficient (Wildman–Crippen LogP) is 1.97. The molecule has 0 bridgehead atoms. The molecule has 3 N–H and O–H groups in total. The maximum Gasteiger partial charge on any atom is 0.451 e. The third-order valence-electron chi connectivity index (χ3n) is 2.10. The van der Waals surface area contributed by atoms with Gasteiger partial charge in [0.05, 0.1) is 6.54 Å². The van der Waals surface area contributed by atoms with E-state index < -0.39 is 36.9 Å². The molecule has 0 unspecified atom stereocenters. The minimum atomic E-state index is -4.79. The molecule has 1 aromatic rings. The average Bonchev–Trinajstić information content (AvgIpc) is 2.36. The third kappa shape index (κ3) is 4.76. The van der Waals surface area contributed by atoms with Crippen LogP contribution in [0.2, 0.25) is 0 Å². The van der Waals surface area contributed by atoms with E-state index in [9.17, 15) is 22.0 Å². The van der Waals surface area contributed by atoms with Gasteiger partial charge in [-0.1, -0.05) is 0 Å². The molecule has 10 heteroatoms. The van der Waals surface area contributed by atoms with E-state index in [0.717, 1.165) is 6.07 Å². The maximum atomic E-state index is 12.8. The molecule has 20 heavy (non-hydrogen) atoms. The lowest BCUT2D eigenvalue weighted by Crippen LogP contribution is -2.31. The fourth-order valence-corrected chi connectivity index (χ4v) is 1.21. The summed E-state index contributed by atoms with van der Waals surface area (Å²) in [5.74, 6) is -5.44. The SMILES string of the molecule is CCNc1cc(NCC(F)(F)CO)nc(C(F)(F)F)n1. The number of nitrogens with one attached hydrogen (secondary N) is 2. The summed E-state index contributed by atoms with van der Waals surface area (Å²) >= 11 is 0. The summed E-state index contributed by atoms with van der Waals surface area (Å²) in [6.45, 7) is -0.510. The summed E-state index contributed by atoms with van der Waals surface area (Å²) in [7, 11) is 0. The number of aromatic nitrogens is 2. The lowest BCUT2D eigenvalue weighted by Gasteiger charge is -2.16. The molecular weight excluding hydrogens is 287 g/mol. The van der Waals surface area contributed by atoms with Crippen LogP contribution < -0.4 is 10.6 Å². The molecule has 5 nitrogen and oxygen atoms in total. The first-order chi connectivity index (χ1) is 9.18. The first-order valence-electron chi connectivity index (χ1n) is 5.60. The van der Waals surface area contributed by atoms with Gasteiger partial charge in [-0.2, -0.15) is 13.2 Å². The van der Waals surface area contributed by atoms with Gasteiger partial charge in [0.2, 0.25) is 5.82 Å². The highest BCUT2D eigenvalue weighted by molar-refractivity contribution is 5.48. The van der Waals surface area contributed by atoms with Gasteiger partial charge in [0, 0.05) is 12.6 Å². The highest BCUT2D eigenvalue weighted by Crippen LogP contribution is 2.28. The number of halogens is 5. The van der Waals surface area contributed by atoms with E-state index in [2.05, 4.69) is 15.3 Å². The van der Waals surface area contributed by atoms with Crippen LogP contribution in [0.3, 0.4) is 0 Å². The number of aliphatic hydroxyl groups is 1. The number of hydrogen-bond donors (Lipinski definition) is 3. The van der Waals surface area contributed by atoms with Crippen LogP contribution in [0.15, 0.2) is 6.07 Å². The highest BCUT2D eigenvalue weighted by atomic mass is 19.4. The zero-order chi connectivity index (χ0) is 15.4. The van der Waals surface area contributed by atoms with Crippen LogP contribution in [0.25, 0.3) is 0 Å². The van der Waals surface area contributed by atoms with Crippen LogP contribution in [0.5, 0.6) is 0 Å². The second-order valence-corrected chi connectivity index (χ2v) is 3.86. The van der Waals surface area contributed by atoms with E-state index in [-0.39, 0.29) is 5.82 Å².